The molecule has 1 saturated heterocycles. The molecule has 1 heterocycles. The van der Waals surface area contributed by atoms with E-state index in [0.29, 0.717) is 0 Å². The summed E-state index contributed by atoms with van der Waals surface area (Å²) in [5.41, 5.74) is 0.853. The van der Waals surface area contributed by atoms with Crippen LogP contribution in [0.15, 0.2) is 59.5 Å². The fourth-order valence-electron chi connectivity index (χ4n) is 3.05. The van der Waals surface area contributed by atoms with Gasteiger partial charge in [-0.1, -0.05) is 43.7 Å². The van der Waals surface area contributed by atoms with Crippen LogP contribution in [0.5, 0.6) is 0 Å². The zero-order valence-electron chi connectivity index (χ0n) is 13.2. The molecule has 2 aromatic carbocycles. The van der Waals surface area contributed by atoms with E-state index in [2.05, 4.69) is 0 Å². The van der Waals surface area contributed by atoms with Crippen molar-refractivity contribution in [3.63, 3.8) is 0 Å². The summed E-state index contributed by atoms with van der Waals surface area (Å²) >= 11 is 0. The third kappa shape index (κ3) is 2.92. The Bertz CT molecular complexity index is 835. The normalized spacial score (nSPS) is 23.0. The maximum Gasteiger partial charge on any atom is 0.269 e. The monoisotopic (exact) mass is 346 g/mol. The Morgan fingerprint density at radius 3 is 2.25 bits per heavy atom. The Balaban J connectivity index is 1.92. The summed E-state index contributed by atoms with van der Waals surface area (Å²) in [6, 6.07) is 14.4. The van der Waals surface area contributed by atoms with Gasteiger partial charge in [0.1, 0.15) is 0 Å². The van der Waals surface area contributed by atoms with Gasteiger partial charge in [0.2, 0.25) is 10.0 Å². The summed E-state index contributed by atoms with van der Waals surface area (Å²) in [6.07, 6.45) is 1.67. The number of hydrogen-bond acceptors (Lipinski definition) is 4. The lowest BCUT2D eigenvalue weighted by atomic mass is 10.1. The van der Waals surface area contributed by atoms with Gasteiger partial charge in [0.15, 0.2) is 0 Å². The van der Waals surface area contributed by atoms with Crippen LogP contribution < -0.4 is 0 Å². The fraction of sp³-hybridized carbons (Fsp3) is 0.294. The van der Waals surface area contributed by atoms with Crippen LogP contribution in [0, 0.1) is 10.1 Å². The first kappa shape index (κ1) is 16.6. The van der Waals surface area contributed by atoms with E-state index in [1.807, 2.05) is 37.3 Å². The van der Waals surface area contributed by atoms with Gasteiger partial charge in [-0.2, -0.15) is 4.31 Å². The Labute approximate surface area is 140 Å². The van der Waals surface area contributed by atoms with Crippen molar-refractivity contribution in [2.45, 2.75) is 36.7 Å². The molecule has 2 aromatic rings. The molecule has 1 unspecified atom stereocenters. The van der Waals surface area contributed by atoms with Crippen molar-refractivity contribution in [3.8, 4) is 0 Å². The molecule has 126 valence electrons. The van der Waals surface area contributed by atoms with Crippen LogP contribution >= 0.6 is 0 Å². The number of rotatable bonds is 6. The average Bonchev–Trinajstić information content (AvgIpc) is 3.31. The standard InChI is InChI=1S/C17H18N2O4S/c1-2-6-16-17(13-7-4-3-5-8-13)18(16)24(22,23)15-11-9-14(10-12-15)19(20)21/h3-5,7-12,16-17H,2,6H2,1H3/t16-,17+,18?/m1/s1. The van der Waals surface area contributed by atoms with Gasteiger partial charge in [0, 0.05) is 18.2 Å². The number of non-ortho nitro benzene ring substituents is 1. The first-order valence-electron chi connectivity index (χ1n) is 7.79. The molecule has 1 aliphatic rings. The van der Waals surface area contributed by atoms with Crippen LogP contribution in [0.25, 0.3) is 0 Å². The first-order chi connectivity index (χ1) is 11.5. The number of benzene rings is 2. The second kappa shape index (κ2) is 6.33. The molecule has 0 radical (unpaired) electrons. The highest BCUT2D eigenvalue weighted by Gasteiger charge is 2.55. The third-order valence-corrected chi connectivity index (χ3v) is 6.15. The van der Waals surface area contributed by atoms with E-state index in [1.165, 1.54) is 28.6 Å². The van der Waals surface area contributed by atoms with Crippen molar-refractivity contribution >= 4 is 15.7 Å². The molecular formula is C17H18N2O4S. The molecule has 24 heavy (non-hydrogen) atoms. The van der Waals surface area contributed by atoms with Gasteiger partial charge in [0.05, 0.1) is 15.9 Å². The number of sulfonamides is 1. The van der Waals surface area contributed by atoms with Crippen molar-refractivity contribution in [1.82, 2.24) is 4.31 Å². The zero-order valence-corrected chi connectivity index (χ0v) is 14.0. The first-order valence-corrected chi connectivity index (χ1v) is 9.23. The van der Waals surface area contributed by atoms with Crippen LogP contribution in [0.4, 0.5) is 5.69 Å². The lowest BCUT2D eigenvalue weighted by Crippen LogP contribution is -2.15. The summed E-state index contributed by atoms with van der Waals surface area (Å²) in [5.74, 6) is 0. The van der Waals surface area contributed by atoms with Crippen LogP contribution in [0.1, 0.15) is 31.4 Å². The van der Waals surface area contributed by atoms with Gasteiger partial charge in [-0.05, 0) is 24.1 Å². The minimum atomic E-state index is -3.67. The summed E-state index contributed by atoms with van der Waals surface area (Å²) in [5, 5.41) is 10.7. The van der Waals surface area contributed by atoms with Crippen molar-refractivity contribution in [2.75, 3.05) is 0 Å². The lowest BCUT2D eigenvalue weighted by Gasteiger charge is -2.07. The van der Waals surface area contributed by atoms with Gasteiger partial charge in [0.25, 0.3) is 5.69 Å². The largest absolute Gasteiger partial charge is 0.269 e. The molecule has 0 aromatic heterocycles. The van der Waals surface area contributed by atoms with Crippen molar-refractivity contribution in [1.29, 1.82) is 0 Å². The average molecular weight is 346 g/mol. The molecule has 1 aliphatic heterocycles. The molecule has 0 saturated carbocycles. The molecule has 0 aliphatic carbocycles. The smallest absolute Gasteiger partial charge is 0.258 e. The molecule has 0 bridgehead atoms. The van der Waals surface area contributed by atoms with Crippen molar-refractivity contribution < 1.29 is 13.3 Å². The molecule has 0 amide bonds. The van der Waals surface area contributed by atoms with Gasteiger partial charge < -0.3 is 0 Å². The second-order valence-corrected chi connectivity index (χ2v) is 7.64. The van der Waals surface area contributed by atoms with Crippen molar-refractivity contribution in [3.05, 3.63) is 70.3 Å². The van der Waals surface area contributed by atoms with Gasteiger partial charge >= 0.3 is 0 Å². The minimum absolute atomic E-state index is 0.0578. The Morgan fingerprint density at radius 1 is 1.08 bits per heavy atom. The lowest BCUT2D eigenvalue weighted by molar-refractivity contribution is -0.384. The molecule has 0 spiro atoms. The molecule has 6 nitrogen and oxygen atoms in total. The van der Waals surface area contributed by atoms with Crippen LogP contribution in [0.3, 0.4) is 0 Å². The number of nitro benzene ring substituents is 1. The zero-order chi connectivity index (χ0) is 17.3. The van der Waals surface area contributed by atoms with Crippen LogP contribution in [-0.4, -0.2) is 23.7 Å². The Morgan fingerprint density at radius 2 is 1.71 bits per heavy atom. The van der Waals surface area contributed by atoms with Crippen LogP contribution in [-0.2, 0) is 10.0 Å². The van der Waals surface area contributed by atoms with Gasteiger partial charge in [-0.3, -0.25) is 10.1 Å². The maximum atomic E-state index is 12.9. The molecule has 1 fully saturated rings. The molecule has 7 heteroatoms. The maximum absolute atomic E-state index is 12.9. The summed E-state index contributed by atoms with van der Waals surface area (Å²) in [4.78, 5) is 10.3. The van der Waals surface area contributed by atoms with E-state index < -0.39 is 14.9 Å². The highest BCUT2D eigenvalue weighted by molar-refractivity contribution is 7.89. The van der Waals surface area contributed by atoms with E-state index in [9.17, 15) is 18.5 Å². The van der Waals surface area contributed by atoms with E-state index in [1.54, 1.807) is 0 Å². The Kier molecular flexibility index (Phi) is 4.38. The van der Waals surface area contributed by atoms with E-state index in [4.69, 9.17) is 0 Å². The van der Waals surface area contributed by atoms with E-state index >= 15 is 0 Å². The topological polar surface area (TPSA) is 80.3 Å². The number of hydrogen-bond donors (Lipinski definition) is 0. The molecule has 3 rings (SSSR count). The second-order valence-electron chi connectivity index (χ2n) is 5.80. The molecular weight excluding hydrogens is 328 g/mol. The predicted octanol–water partition coefficient (Wildman–Crippen LogP) is 3.51. The highest BCUT2D eigenvalue weighted by atomic mass is 32.2. The minimum Gasteiger partial charge on any atom is -0.258 e. The Hall–Kier alpha value is -2.25. The summed E-state index contributed by atoms with van der Waals surface area (Å²) in [6.45, 7) is 2.02. The van der Waals surface area contributed by atoms with Gasteiger partial charge in [-0.15, -0.1) is 0 Å². The fourth-order valence-corrected chi connectivity index (χ4v) is 4.85. The third-order valence-electron chi connectivity index (χ3n) is 4.22. The van der Waals surface area contributed by atoms with Crippen LogP contribution in [0.2, 0.25) is 0 Å². The van der Waals surface area contributed by atoms with Gasteiger partial charge in [-0.25, -0.2) is 8.42 Å². The predicted molar refractivity (Wildman–Crippen MR) is 90.0 cm³/mol. The molecule has 0 N–H and O–H groups in total. The highest BCUT2D eigenvalue weighted by Crippen LogP contribution is 2.49. The molecule has 3 atom stereocenters. The van der Waals surface area contributed by atoms with E-state index in [0.717, 1.165) is 18.4 Å². The quantitative estimate of drug-likeness (QED) is 0.455. The van der Waals surface area contributed by atoms with E-state index in [-0.39, 0.29) is 22.7 Å². The summed E-state index contributed by atoms with van der Waals surface area (Å²) in [7, 11) is -3.67. The van der Waals surface area contributed by atoms with Crippen molar-refractivity contribution in [2.24, 2.45) is 0 Å². The number of nitro groups is 1. The number of nitrogens with zero attached hydrogens (tertiary/aromatic N) is 2. The SMILES string of the molecule is CCC[C@@H]1[C@H](c2ccccc2)N1S(=O)(=O)c1ccc([N+](=O)[O-])cc1. The summed E-state index contributed by atoms with van der Waals surface area (Å²) < 4.78 is 27.3.